The van der Waals surface area contributed by atoms with Gasteiger partial charge in [0.1, 0.15) is 5.82 Å². The maximum Gasteiger partial charge on any atom is 0.123 e. The number of fused-ring (bicyclic) bond motifs is 3. The van der Waals surface area contributed by atoms with E-state index >= 15 is 0 Å². The fraction of sp³-hybridized carbons (Fsp3) is 0.600. The van der Waals surface area contributed by atoms with E-state index in [0.29, 0.717) is 12.1 Å². The van der Waals surface area contributed by atoms with Gasteiger partial charge in [0.15, 0.2) is 0 Å². The Balaban J connectivity index is 1.56. The maximum atomic E-state index is 13.3. The number of hydrogen-bond donors (Lipinski definition) is 1. The fourth-order valence-corrected chi connectivity index (χ4v) is 4.03. The minimum absolute atomic E-state index is 0.0843. The summed E-state index contributed by atoms with van der Waals surface area (Å²) >= 11 is 0. The molecule has 2 fully saturated rings. The Bertz CT molecular complexity index is 474. The Morgan fingerprint density at radius 3 is 2.94 bits per heavy atom. The molecule has 3 unspecified atom stereocenters. The second-order valence-corrected chi connectivity index (χ2v) is 6.00. The lowest BCUT2D eigenvalue weighted by Gasteiger charge is -2.38. The first-order valence-electron chi connectivity index (χ1n) is 7.06. The smallest absolute Gasteiger partial charge is 0.123 e. The van der Waals surface area contributed by atoms with Crippen LogP contribution in [-0.2, 0) is 12.8 Å². The number of hydrogen-bond acceptors (Lipinski definition) is 2. The molecule has 0 aromatic heterocycles. The molecule has 1 aromatic rings. The van der Waals surface area contributed by atoms with Gasteiger partial charge in [-0.3, -0.25) is 4.90 Å². The highest BCUT2D eigenvalue weighted by Crippen LogP contribution is 2.32. The van der Waals surface area contributed by atoms with Gasteiger partial charge >= 0.3 is 0 Å². The van der Waals surface area contributed by atoms with Gasteiger partial charge in [0, 0.05) is 31.2 Å². The van der Waals surface area contributed by atoms with Crippen molar-refractivity contribution in [2.45, 2.75) is 43.8 Å². The topological polar surface area (TPSA) is 15.3 Å². The van der Waals surface area contributed by atoms with Gasteiger partial charge < -0.3 is 5.32 Å². The van der Waals surface area contributed by atoms with E-state index in [2.05, 4.69) is 10.2 Å². The van der Waals surface area contributed by atoms with Crippen LogP contribution >= 0.6 is 0 Å². The summed E-state index contributed by atoms with van der Waals surface area (Å²) in [5.74, 6) is -0.0843. The van der Waals surface area contributed by atoms with Gasteiger partial charge in [0.2, 0.25) is 0 Å². The Hall–Kier alpha value is -0.930. The third-order valence-corrected chi connectivity index (χ3v) is 4.94. The van der Waals surface area contributed by atoms with Crippen LogP contribution < -0.4 is 5.32 Å². The monoisotopic (exact) mass is 246 g/mol. The molecular formula is C15H19FN2. The second-order valence-electron chi connectivity index (χ2n) is 6.00. The molecule has 1 aliphatic carbocycles. The van der Waals surface area contributed by atoms with Crippen molar-refractivity contribution in [3.05, 3.63) is 35.1 Å². The normalized spacial score (nSPS) is 34.8. The van der Waals surface area contributed by atoms with E-state index in [4.69, 9.17) is 0 Å². The van der Waals surface area contributed by atoms with Crippen LogP contribution in [0.3, 0.4) is 0 Å². The molecule has 0 spiro atoms. The summed E-state index contributed by atoms with van der Waals surface area (Å²) in [6.07, 6.45) is 4.70. The molecule has 2 saturated heterocycles. The molecule has 0 radical (unpaired) electrons. The van der Waals surface area contributed by atoms with Crippen molar-refractivity contribution in [3.8, 4) is 0 Å². The van der Waals surface area contributed by atoms with Crippen LogP contribution in [0.2, 0.25) is 0 Å². The Kier molecular flexibility index (Phi) is 2.45. The summed E-state index contributed by atoms with van der Waals surface area (Å²) in [7, 11) is 0. The molecule has 1 N–H and O–H groups in total. The van der Waals surface area contributed by atoms with E-state index in [9.17, 15) is 4.39 Å². The summed E-state index contributed by atoms with van der Waals surface area (Å²) in [6, 6.07) is 7.39. The Morgan fingerprint density at radius 2 is 2.17 bits per heavy atom. The van der Waals surface area contributed by atoms with Crippen LogP contribution in [0.5, 0.6) is 0 Å². The minimum atomic E-state index is -0.0843. The van der Waals surface area contributed by atoms with Crippen molar-refractivity contribution < 1.29 is 4.39 Å². The lowest BCUT2D eigenvalue weighted by Crippen LogP contribution is -2.50. The van der Waals surface area contributed by atoms with Gasteiger partial charge in [-0.05, 0) is 48.9 Å². The highest BCUT2D eigenvalue weighted by molar-refractivity contribution is 5.31. The molecule has 0 saturated carbocycles. The first-order chi connectivity index (χ1) is 8.79. The van der Waals surface area contributed by atoms with E-state index in [1.165, 1.54) is 30.5 Å². The van der Waals surface area contributed by atoms with E-state index < -0.39 is 0 Å². The van der Waals surface area contributed by atoms with Crippen molar-refractivity contribution in [2.24, 2.45) is 0 Å². The first kappa shape index (κ1) is 10.9. The second kappa shape index (κ2) is 4.04. The van der Waals surface area contributed by atoms with Crippen LogP contribution in [0.25, 0.3) is 0 Å². The zero-order chi connectivity index (χ0) is 12.1. The summed E-state index contributed by atoms with van der Waals surface area (Å²) in [4.78, 5) is 2.68. The average molecular weight is 246 g/mol. The van der Waals surface area contributed by atoms with Crippen molar-refractivity contribution in [1.82, 2.24) is 10.2 Å². The van der Waals surface area contributed by atoms with Gasteiger partial charge in [0.25, 0.3) is 0 Å². The molecule has 4 rings (SSSR count). The average Bonchev–Trinajstić information content (AvgIpc) is 3.00. The molecule has 18 heavy (non-hydrogen) atoms. The van der Waals surface area contributed by atoms with E-state index in [-0.39, 0.29) is 5.82 Å². The largest absolute Gasteiger partial charge is 0.311 e. The number of benzene rings is 1. The molecular weight excluding hydrogens is 227 g/mol. The minimum Gasteiger partial charge on any atom is -0.311 e. The van der Waals surface area contributed by atoms with Gasteiger partial charge in [-0.1, -0.05) is 6.07 Å². The summed E-state index contributed by atoms with van der Waals surface area (Å²) in [6.45, 7) is 2.34. The number of nitrogens with zero attached hydrogens (tertiary/aromatic N) is 1. The van der Waals surface area contributed by atoms with Gasteiger partial charge in [-0.2, -0.15) is 0 Å². The number of likely N-dealkylation sites (tertiary alicyclic amines) is 1. The predicted molar refractivity (Wildman–Crippen MR) is 69.1 cm³/mol. The van der Waals surface area contributed by atoms with Crippen molar-refractivity contribution >= 4 is 0 Å². The summed E-state index contributed by atoms with van der Waals surface area (Å²) in [5.41, 5.74) is 2.59. The molecule has 96 valence electrons. The quantitative estimate of drug-likeness (QED) is 0.812. The molecule has 2 bridgehead atoms. The molecule has 2 heterocycles. The number of aryl methyl sites for hydroxylation is 1. The van der Waals surface area contributed by atoms with Crippen LogP contribution in [0.1, 0.15) is 24.0 Å². The molecule has 2 aliphatic heterocycles. The SMILES string of the molecule is Fc1ccc2c(c1)CC(N1CC3CC1CN3)CC2. The molecule has 3 aliphatic rings. The molecule has 2 nitrogen and oxygen atoms in total. The number of piperazine rings is 1. The van der Waals surface area contributed by atoms with Crippen LogP contribution in [-0.4, -0.2) is 36.1 Å². The van der Waals surface area contributed by atoms with E-state index in [1.54, 1.807) is 12.1 Å². The van der Waals surface area contributed by atoms with Gasteiger partial charge in [-0.25, -0.2) is 4.39 Å². The Labute approximate surface area is 107 Å². The van der Waals surface area contributed by atoms with Crippen LogP contribution in [0.4, 0.5) is 4.39 Å². The summed E-state index contributed by atoms with van der Waals surface area (Å²) < 4.78 is 13.3. The molecule has 3 heteroatoms. The van der Waals surface area contributed by atoms with Crippen molar-refractivity contribution in [2.75, 3.05) is 13.1 Å². The molecule has 1 aromatic carbocycles. The lowest BCUT2D eigenvalue weighted by atomic mass is 9.87. The van der Waals surface area contributed by atoms with Crippen LogP contribution in [0.15, 0.2) is 18.2 Å². The number of rotatable bonds is 1. The standard InChI is InChI=1S/C15H19FN2/c16-12-3-1-10-2-4-14(6-11(10)5-12)18-9-13-7-15(18)8-17-13/h1,3,5,13-15,17H,2,4,6-9H2. The summed E-state index contributed by atoms with van der Waals surface area (Å²) in [5, 5.41) is 3.55. The maximum absolute atomic E-state index is 13.3. The highest BCUT2D eigenvalue weighted by atomic mass is 19.1. The third-order valence-electron chi connectivity index (χ3n) is 4.94. The van der Waals surface area contributed by atoms with Crippen molar-refractivity contribution in [1.29, 1.82) is 0 Å². The fourth-order valence-electron chi connectivity index (χ4n) is 4.03. The molecule has 3 atom stereocenters. The number of halogens is 1. The number of nitrogens with one attached hydrogen (secondary N) is 1. The van der Waals surface area contributed by atoms with E-state index in [1.807, 2.05) is 6.07 Å². The Morgan fingerprint density at radius 1 is 1.22 bits per heavy atom. The predicted octanol–water partition coefficient (Wildman–Crippen LogP) is 1.73. The first-order valence-corrected chi connectivity index (χ1v) is 7.06. The third kappa shape index (κ3) is 1.69. The van der Waals surface area contributed by atoms with E-state index in [0.717, 1.165) is 25.4 Å². The van der Waals surface area contributed by atoms with Gasteiger partial charge in [-0.15, -0.1) is 0 Å². The van der Waals surface area contributed by atoms with Gasteiger partial charge in [0.05, 0.1) is 0 Å². The van der Waals surface area contributed by atoms with Crippen molar-refractivity contribution in [3.63, 3.8) is 0 Å². The zero-order valence-corrected chi connectivity index (χ0v) is 10.5. The lowest BCUT2D eigenvalue weighted by molar-refractivity contribution is 0.145. The van der Waals surface area contributed by atoms with Crippen LogP contribution in [0, 0.1) is 5.82 Å². The molecule has 0 amide bonds. The zero-order valence-electron chi connectivity index (χ0n) is 10.5. The highest BCUT2D eigenvalue weighted by Gasteiger charge is 2.41.